The average molecular weight is 326 g/mol. The Morgan fingerprint density at radius 2 is 2.00 bits per heavy atom. The summed E-state index contributed by atoms with van der Waals surface area (Å²) in [6, 6.07) is 4.20. The highest BCUT2D eigenvalue weighted by atomic mass is 16.5. The number of H-pyrrole nitrogens is 1. The van der Waals surface area contributed by atoms with E-state index in [1.165, 1.54) is 11.1 Å². The summed E-state index contributed by atoms with van der Waals surface area (Å²) < 4.78 is 5.94. The molecule has 1 aromatic carbocycles. The van der Waals surface area contributed by atoms with Gasteiger partial charge in [-0.3, -0.25) is 9.89 Å². The van der Waals surface area contributed by atoms with Crippen LogP contribution in [0, 0.1) is 13.8 Å². The maximum Gasteiger partial charge on any atom is 0.263 e. The Balaban J connectivity index is 1.39. The number of nitrogens with zero attached hydrogens (tertiary/aromatic N) is 3. The number of hydrogen-bond acceptors (Lipinski definition) is 4. The normalized spacial score (nSPS) is 20.8. The topological polar surface area (TPSA) is 71.1 Å². The Morgan fingerprint density at radius 1 is 1.25 bits per heavy atom. The largest absolute Gasteiger partial charge is 0.480 e. The van der Waals surface area contributed by atoms with Crippen LogP contribution in [-0.2, 0) is 11.2 Å². The van der Waals surface area contributed by atoms with Gasteiger partial charge in [0.15, 0.2) is 6.10 Å². The molecule has 1 amide bonds. The number of fused-ring (bicyclic) bond motifs is 1. The van der Waals surface area contributed by atoms with Crippen LogP contribution >= 0.6 is 0 Å². The van der Waals surface area contributed by atoms with Crippen molar-refractivity contribution in [3.05, 3.63) is 41.0 Å². The number of aromatic nitrogens is 3. The van der Waals surface area contributed by atoms with Crippen LogP contribution in [-0.4, -0.2) is 45.2 Å². The molecule has 6 heteroatoms. The van der Waals surface area contributed by atoms with Crippen LogP contribution < -0.4 is 4.74 Å². The van der Waals surface area contributed by atoms with Gasteiger partial charge in [0.2, 0.25) is 0 Å². The Hall–Kier alpha value is -2.37. The molecule has 0 radical (unpaired) electrons. The maximum absolute atomic E-state index is 12.8. The summed E-state index contributed by atoms with van der Waals surface area (Å²) in [5.74, 6) is 2.27. The quantitative estimate of drug-likeness (QED) is 0.918. The van der Waals surface area contributed by atoms with Crippen molar-refractivity contribution in [2.24, 2.45) is 0 Å². The summed E-state index contributed by atoms with van der Waals surface area (Å²) in [5, 5.41) is 6.85. The van der Waals surface area contributed by atoms with Gasteiger partial charge in [-0.15, -0.1) is 0 Å². The first-order valence-electron chi connectivity index (χ1n) is 8.52. The summed E-state index contributed by atoms with van der Waals surface area (Å²) in [6.07, 6.45) is 3.68. The molecule has 2 aliphatic rings. The molecule has 126 valence electrons. The second kappa shape index (κ2) is 5.92. The van der Waals surface area contributed by atoms with Gasteiger partial charge in [-0.25, -0.2) is 4.98 Å². The number of aromatic amines is 1. The van der Waals surface area contributed by atoms with Crippen LogP contribution in [0.15, 0.2) is 18.5 Å². The molecule has 4 rings (SSSR count). The van der Waals surface area contributed by atoms with Gasteiger partial charge < -0.3 is 9.64 Å². The third-order valence-corrected chi connectivity index (χ3v) is 5.25. The van der Waals surface area contributed by atoms with E-state index in [1.54, 1.807) is 6.33 Å². The van der Waals surface area contributed by atoms with Crippen molar-refractivity contribution in [2.45, 2.75) is 45.1 Å². The fourth-order valence-electron chi connectivity index (χ4n) is 3.64. The summed E-state index contributed by atoms with van der Waals surface area (Å²) in [7, 11) is 0. The molecule has 6 nitrogen and oxygen atoms in total. The Bertz CT molecular complexity index is 718. The molecular weight excluding hydrogens is 304 g/mol. The van der Waals surface area contributed by atoms with Gasteiger partial charge in [0, 0.05) is 25.4 Å². The predicted octanol–water partition coefficient (Wildman–Crippen LogP) is 2.13. The van der Waals surface area contributed by atoms with Crippen molar-refractivity contribution in [3.63, 3.8) is 0 Å². The minimum absolute atomic E-state index is 0.109. The van der Waals surface area contributed by atoms with E-state index in [0.717, 1.165) is 43.1 Å². The Labute approximate surface area is 141 Å². The number of rotatable bonds is 2. The molecular formula is C18H22N4O2. The predicted molar refractivity (Wildman–Crippen MR) is 89.0 cm³/mol. The van der Waals surface area contributed by atoms with Gasteiger partial charge in [-0.1, -0.05) is 6.07 Å². The van der Waals surface area contributed by atoms with E-state index in [-0.39, 0.29) is 12.0 Å². The highest BCUT2D eigenvalue weighted by molar-refractivity contribution is 5.82. The zero-order chi connectivity index (χ0) is 16.7. The van der Waals surface area contributed by atoms with Gasteiger partial charge in [-0.2, -0.15) is 5.10 Å². The molecule has 24 heavy (non-hydrogen) atoms. The number of nitrogens with one attached hydrogen (secondary N) is 1. The van der Waals surface area contributed by atoms with E-state index >= 15 is 0 Å². The number of aryl methyl sites for hydroxylation is 2. The number of ether oxygens (including phenoxy) is 1. The summed E-state index contributed by atoms with van der Waals surface area (Å²) in [4.78, 5) is 19.0. The monoisotopic (exact) mass is 326 g/mol. The molecule has 0 bridgehead atoms. The lowest BCUT2D eigenvalue weighted by atomic mass is 9.95. The van der Waals surface area contributed by atoms with E-state index < -0.39 is 0 Å². The minimum atomic E-state index is -0.372. The molecule has 1 N–H and O–H groups in total. The van der Waals surface area contributed by atoms with E-state index in [9.17, 15) is 4.79 Å². The highest BCUT2D eigenvalue weighted by Gasteiger charge is 2.34. The number of hydrogen-bond donors (Lipinski definition) is 1. The fourth-order valence-corrected chi connectivity index (χ4v) is 3.64. The molecule has 3 heterocycles. The lowest BCUT2D eigenvalue weighted by Gasteiger charge is -2.32. The van der Waals surface area contributed by atoms with Gasteiger partial charge in [0.05, 0.1) is 0 Å². The first kappa shape index (κ1) is 15.2. The van der Waals surface area contributed by atoms with Crippen LogP contribution in [0.5, 0.6) is 5.75 Å². The maximum atomic E-state index is 12.8. The standard InChI is InChI=1S/C18H22N4O2/c1-11-7-14-9-16(24-15(14)8-12(11)2)18(23)22-5-3-13(4-6-22)17-19-10-20-21-17/h7-8,10,13,16H,3-6,9H2,1-2H3,(H,19,20,21). The lowest BCUT2D eigenvalue weighted by Crippen LogP contribution is -2.45. The minimum Gasteiger partial charge on any atom is -0.480 e. The third kappa shape index (κ3) is 2.66. The van der Waals surface area contributed by atoms with E-state index in [4.69, 9.17) is 4.74 Å². The fraction of sp³-hybridized carbons (Fsp3) is 0.500. The molecule has 1 aromatic heterocycles. The van der Waals surface area contributed by atoms with Crippen molar-refractivity contribution < 1.29 is 9.53 Å². The van der Waals surface area contributed by atoms with Crippen LogP contribution in [0.4, 0.5) is 0 Å². The molecule has 2 aliphatic heterocycles. The molecule has 2 aromatic rings. The zero-order valence-corrected chi connectivity index (χ0v) is 14.1. The second-order valence-corrected chi connectivity index (χ2v) is 6.83. The smallest absolute Gasteiger partial charge is 0.263 e. The van der Waals surface area contributed by atoms with Crippen LogP contribution in [0.3, 0.4) is 0 Å². The van der Waals surface area contributed by atoms with Crippen molar-refractivity contribution in [1.82, 2.24) is 20.1 Å². The van der Waals surface area contributed by atoms with Crippen molar-refractivity contribution >= 4 is 5.91 Å². The van der Waals surface area contributed by atoms with Gasteiger partial charge in [0.1, 0.15) is 17.9 Å². The van der Waals surface area contributed by atoms with Gasteiger partial charge in [-0.05, 0) is 49.4 Å². The molecule has 0 aliphatic carbocycles. The Morgan fingerprint density at radius 3 is 2.71 bits per heavy atom. The number of benzene rings is 1. The van der Waals surface area contributed by atoms with Crippen molar-refractivity contribution in [1.29, 1.82) is 0 Å². The van der Waals surface area contributed by atoms with E-state index in [1.807, 2.05) is 11.0 Å². The molecule has 0 spiro atoms. The van der Waals surface area contributed by atoms with E-state index in [2.05, 4.69) is 35.1 Å². The lowest BCUT2D eigenvalue weighted by molar-refractivity contribution is -0.139. The average Bonchev–Trinajstić information content (AvgIpc) is 3.24. The SMILES string of the molecule is Cc1cc2c(cc1C)OC(C(=O)N1CCC(c3ncn[nH]3)CC1)C2. The van der Waals surface area contributed by atoms with Crippen LogP contribution in [0.2, 0.25) is 0 Å². The molecule has 1 atom stereocenters. The summed E-state index contributed by atoms with van der Waals surface area (Å²) in [6.45, 7) is 5.67. The second-order valence-electron chi connectivity index (χ2n) is 6.83. The number of carbonyl (C=O) groups is 1. The molecule has 1 unspecified atom stereocenters. The van der Waals surface area contributed by atoms with Crippen molar-refractivity contribution in [3.8, 4) is 5.75 Å². The molecule has 1 fully saturated rings. The van der Waals surface area contributed by atoms with E-state index in [0.29, 0.717) is 12.3 Å². The van der Waals surface area contributed by atoms with Crippen LogP contribution in [0.1, 0.15) is 41.3 Å². The van der Waals surface area contributed by atoms with Crippen molar-refractivity contribution in [2.75, 3.05) is 13.1 Å². The number of likely N-dealkylation sites (tertiary alicyclic amines) is 1. The van der Waals surface area contributed by atoms with Gasteiger partial charge in [0.25, 0.3) is 5.91 Å². The highest BCUT2D eigenvalue weighted by Crippen LogP contribution is 2.33. The first-order chi connectivity index (χ1) is 11.6. The molecule has 0 saturated carbocycles. The number of amides is 1. The van der Waals surface area contributed by atoms with Gasteiger partial charge >= 0.3 is 0 Å². The summed E-state index contributed by atoms with van der Waals surface area (Å²) >= 11 is 0. The number of piperidine rings is 1. The first-order valence-corrected chi connectivity index (χ1v) is 8.52. The summed E-state index contributed by atoms with van der Waals surface area (Å²) in [5.41, 5.74) is 3.60. The molecule has 1 saturated heterocycles. The number of carbonyl (C=O) groups excluding carboxylic acids is 1. The zero-order valence-electron chi connectivity index (χ0n) is 14.1. The van der Waals surface area contributed by atoms with Crippen LogP contribution in [0.25, 0.3) is 0 Å². The Kier molecular flexibility index (Phi) is 3.75. The third-order valence-electron chi connectivity index (χ3n) is 5.25.